The first-order valence-corrected chi connectivity index (χ1v) is 8.07. The van der Waals surface area contributed by atoms with Crippen molar-refractivity contribution in [1.29, 1.82) is 0 Å². The number of carbonyl (C=O) groups is 1. The van der Waals surface area contributed by atoms with E-state index in [9.17, 15) is 9.18 Å². The third kappa shape index (κ3) is 4.96. The molecule has 1 aromatic heterocycles. The topological polar surface area (TPSA) is 98.7 Å². The highest BCUT2D eigenvalue weighted by atomic mass is 35.5. The number of rotatable bonds is 7. The first kappa shape index (κ1) is 19.3. The molecule has 0 saturated heterocycles. The highest BCUT2D eigenvalue weighted by molar-refractivity contribution is 5.85. The van der Waals surface area contributed by atoms with Gasteiger partial charge in [0, 0.05) is 19.0 Å². The van der Waals surface area contributed by atoms with Crippen LogP contribution in [-0.4, -0.2) is 38.7 Å². The van der Waals surface area contributed by atoms with Crippen molar-refractivity contribution in [1.82, 2.24) is 25.5 Å². The van der Waals surface area contributed by atoms with E-state index >= 15 is 0 Å². The van der Waals surface area contributed by atoms with Crippen molar-refractivity contribution in [3.8, 4) is 0 Å². The lowest BCUT2D eigenvalue weighted by atomic mass is 10.0. The second-order valence-corrected chi connectivity index (χ2v) is 6.27. The normalized spacial score (nSPS) is 16.0. The van der Waals surface area contributed by atoms with Gasteiger partial charge < -0.3 is 11.1 Å². The Labute approximate surface area is 151 Å². The molecule has 1 fully saturated rings. The van der Waals surface area contributed by atoms with E-state index in [1.807, 2.05) is 0 Å². The predicted molar refractivity (Wildman–Crippen MR) is 92.7 cm³/mol. The average molecular weight is 369 g/mol. The molecule has 136 valence electrons. The van der Waals surface area contributed by atoms with Crippen LogP contribution in [0.2, 0.25) is 0 Å². The third-order valence-electron chi connectivity index (χ3n) is 4.31. The van der Waals surface area contributed by atoms with Gasteiger partial charge in [0.2, 0.25) is 5.91 Å². The van der Waals surface area contributed by atoms with Gasteiger partial charge in [0.1, 0.15) is 17.7 Å². The summed E-state index contributed by atoms with van der Waals surface area (Å²) >= 11 is 0. The number of aryl methyl sites for hydroxylation is 1. The molecule has 0 bridgehead atoms. The summed E-state index contributed by atoms with van der Waals surface area (Å²) in [6.45, 7) is 2.14. The number of aromatic nitrogens is 4. The summed E-state index contributed by atoms with van der Waals surface area (Å²) < 4.78 is 14.9. The molecule has 1 heterocycles. The predicted octanol–water partition coefficient (Wildman–Crippen LogP) is 1.18. The van der Waals surface area contributed by atoms with Crippen LogP contribution in [0.5, 0.6) is 0 Å². The SMILES string of the molecule is Cc1nnnn1C(Cc1cccc(F)c1)C(=O)NCC(N)C1CC1.Cl. The molecule has 0 aliphatic heterocycles. The average Bonchev–Trinajstić information content (AvgIpc) is 3.32. The summed E-state index contributed by atoms with van der Waals surface area (Å²) in [5.41, 5.74) is 6.74. The van der Waals surface area contributed by atoms with Gasteiger partial charge in [-0.3, -0.25) is 4.79 Å². The molecule has 3 N–H and O–H groups in total. The van der Waals surface area contributed by atoms with Gasteiger partial charge in [-0.05, 0) is 53.8 Å². The molecule has 1 aliphatic rings. The smallest absolute Gasteiger partial charge is 0.245 e. The zero-order valence-corrected chi connectivity index (χ0v) is 14.7. The van der Waals surface area contributed by atoms with Crippen LogP contribution in [0.15, 0.2) is 24.3 Å². The van der Waals surface area contributed by atoms with Gasteiger partial charge in [0.25, 0.3) is 0 Å². The van der Waals surface area contributed by atoms with Crippen LogP contribution in [0.3, 0.4) is 0 Å². The minimum atomic E-state index is -0.645. The van der Waals surface area contributed by atoms with Crippen LogP contribution in [0.25, 0.3) is 0 Å². The number of hydrogen-bond acceptors (Lipinski definition) is 5. The first-order chi connectivity index (χ1) is 11.5. The first-order valence-electron chi connectivity index (χ1n) is 8.07. The van der Waals surface area contributed by atoms with Crippen LogP contribution in [-0.2, 0) is 11.2 Å². The summed E-state index contributed by atoms with van der Waals surface area (Å²) in [5, 5.41) is 14.2. The molecule has 1 amide bonds. The molecule has 9 heteroatoms. The highest BCUT2D eigenvalue weighted by Gasteiger charge is 2.30. The molecule has 1 aromatic carbocycles. The number of hydrogen-bond donors (Lipinski definition) is 2. The lowest BCUT2D eigenvalue weighted by molar-refractivity contribution is -0.124. The van der Waals surface area contributed by atoms with E-state index < -0.39 is 6.04 Å². The fourth-order valence-corrected chi connectivity index (χ4v) is 2.73. The van der Waals surface area contributed by atoms with Crippen LogP contribution in [0, 0.1) is 18.7 Å². The van der Waals surface area contributed by atoms with Gasteiger partial charge in [-0.15, -0.1) is 17.5 Å². The summed E-state index contributed by atoms with van der Waals surface area (Å²) in [6, 6.07) is 5.51. The molecule has 3 rings (SSSR count). The Morgan fingerprint density at radius 2 is 2.24 bits per heavy atom. The largest absolute Gasteiger partial charge is 0.353 e. The van der Waals surface area contributed by atoms with Crippen LogP contribution < -0.4 is 11.1 Å². The zero-order chi connectivity index (χ0) is 17.1. The number of nitrogens with one attached hydrogen (secondary N) is 1. The number of halogens is 2. The fraction of sp³-hybridized carbons (Fsp3) is 0.500. The van der Waals surface area contributed by atoms with E-state index in [0.717, 1.165) is 12.8 Å². The van der Waals surface area contributed by atoms with Crippen LogP contribution >= 0.6 is 12.4 Å². The van der Waals surface area contributed by atoms with E-state index in [0.29, 0.717) is 30.3 Å². The Kier molecular flexibility index (Phi) is 6.44. The summed E-state index contributed by atoms with van der Waals surface area (Å²) in [7, 11) is 0. The van der Waals surface area contributed by atoms with Crippen molar-refractivity contribution < 1.29 is 9.18 Å². The molecule has 1 aliphatic carbocycles. The Balaban J connectivity index is 0.00000225. The Hall–Kier alpha value is -2.06. The van der Waals surface area contributed by atoms with E-state index in [-0.39, 0.29) is 30.2 Å². The maximum Gasteiger partial charge on any atom is 0.245 e. The lowest BCUT2D eigenvalue weighted by Crippen LogP contribution is -2.42. The fourth-order valence-electron chi connectivity index (χ4n) is 2.73. The number of nitrogens with zero attached hydrogens (tertiary/aromatic N) is 4. The molecule has 2 atom stereocenters. The third-order valence-corrected chi connectivity index (χ3v) is 4.31. The van der Waals surface area contributed by atoms with E-state index in [1.165, 1.54) is 16.8 Å². The van der Waals surface area contributed by atoms with Gasteiger partial charge in [0.05, 0.1) is 0 Å². The van der Waals surface area contributed by atoms with Crippen molar-refractivity contribution in [2.75, 3.05) is 6.54 Å². The zero-order valence-electron chi connectivity index (χ0n) is 13.9. The molecule has 25 heavy (non-hydrogen) atoms. The Morgan fingerprint density at radius 3 is 2.84 bits per heavy atom. The minimum absolute atomic E-state index is 0. The summed E-state index contributed by atoms with van der Waals surface area (Å²) in [6.07, 6.45) is 2.54. The maximum absolute atomic E-state index is 13.4. The van der Waals surface area contributed by atoms with Crippen molar-refractivity contribution >= 4 is 18.3 Å². The Bertz CT molecular complexity index is 720. The van der Waals surface area contributed by atoms with Gasteiger partial charge in [-0.2, -0.15) is 0 Å². The molecular formula is C16H22ClFN6O. The second kappa shape index (κ2) is 8.35. The molecule has 1 saturated carbocycles. The maximum atomic E-state index is 13.4. The van der Waals surface area contributed by atoms with Crippen molar-refractivity contribution in [2.24, 2.45) is 11.7 Å². The molecule has 2 aromatic rings. The Morgan fingerprint density at radius 1 is 1.48 bits per heavy atom. The van der Waals surface area contributed by atoms with Gasteiger partial charge in [-0.25, -0.2) is 9.07 Å². The number of carbonyl (C=O) groups excluding carboxylic acids is 1. The van der Waals surface area contributed by atoms with E-state index in [2.05, 4.69) is 20.8 Å². The number of tetrazole rings is 1. The second-order valence-electron chi connectivity index (χ2n) is 6.27. The molecule has 7 nitrogen and oxygen atoms in total. The lowest BCUT2D eigenvalue weighted by Gasteiger charge is -2.19. The van der Waals surface area contributed by atoms with Crippen molar-refractivity contribution in [2.45, 2.75) is 38.3 Å². The standard InChI is InChI=1S/C16H21FN6O.ClH/c1-10-20-21-22-23(10)15(8-11-3-2-4-13(17)7-11)16(24)19-9-14(18)12-5-6-12;/h2-4,7,12,14-15H,5-6,8-9,18H2,1H3,(H,19,24);1H. The van der Waals surface area contributed by atoms with Crippen LogP contribution in [0.1, 0.15) is 30.3 Å². The number of amides is 1. The molecule has 0 radical (unpaired) electrons. The number of nitrogens with two attached hydrogens (primary N) is 1. The van der Waals surface area contributed by atoms with Gasteiger partial charge in [0.15, 0.2) is 0 Å². The van der Waals surface area contributed by atoms with Gasteiger partial charge >= 0.3 is 0 Å². The van der Waals surface area contributed by atoms with Crippen LogP contribution in [0.4, 0.5) is 4.39 Å². The minimum Gasteiger partial charge on any atom is -0.353 e. The molecular weight excluding hydrogens is 347 g/mol. The molecule has 0 spiro atoms. The van der Waals surface area contributed by atoms with Gasteiger partial charge in [-0.1, -0.05) is 12.1 Å². The highest BCUT2D eigenvalue weighted by Crippen LogP contribution is 2.31. The van der Waals surface area contributed by atoms with Crippen molar-refractivity contribution in [3.05, 3.63) is 41.5 Å². The van der Waals surface area contributed by atoms with E-state index in [1.54, 1.807) is 19.1 Å². The summed E-state index contributed by atoms with van der Waals surface area (Å²) in [5.74, 6) is 0.474. The van der Waals surface area contributed by atoms with E-state index in [4.69, 9.17) is 5.73 Å². The van der Waals surface area contributed by atoms with Crippen molar-refractivity contribution in [3.63, 3.8) is 0 Å². The summed E-state index contributed by atoms with van der Waals surface area (Å²) in [4.78, 5) is 12.7. The number of benzene rings is 1. The monoisotopic (exact) mass is 368 g/mol. The molecule has 2 unspecified atom stereocenters. The quantitative estimate of drug-likeness (QED) is 0.764.